The zero-order valence-electron chi connectivity index (χ0n) is 9.69. The van der Waals surface area contributed by atoms with E-state index in [2.05, 4.69) is 24.9 Å². The Kier molecular flexibility index (Phi) is 3.61. The van der Waals surface area contributed by atoms with E-state index in [1.165, 1.54) is 5.39 Å². The number of hydrogen-bond acceptors (Lipinski definition) is 0. The quantitative estimate of drug-likeness (QED) is 0.585. The lowest BCUT2D eigenvalue weighted by molar-refractivity contribution is 1.46. The Balaban J connectivity index is 0.000000136. The minimum Gasteiger partial charge on any atom is -0.361 e. The molecule has 3 aromatic rings. The van der Waals surface area contributed by atoms with Crippen molar-refractivity contribution in [3.63, 3.8) is 0 Å². The molecule has 2 aromatic carbocycles. The summed E-state index contributed by atoms with van der Waals surface area (Å²) in [6.07, 6.45) is 1.92. The number of nitrogens with one attached hydrogen (secondary N) is 1. The van der Waals surface area contributed by atoms with Gasteiger partial charge in [0.1, 0.15) is 0 Å². The Morgan fingerprint density at radius 3 is 2.00 bits per heavy atom. The number of fused-ring (bicyclic) bond motifs is 1. The number of rotatable bonds is 0. The normalized spacial score (nSPS) is 9.76. The third-order valence-corrected chi connectivity index (χ3v) is 2.52. The molecule has 0 atom stereocenters. The zero-order valence-corrected chi connectivity index (χ0v) is 9.69. The SMILES string of the molecule is [CH2]c1c[nH]c2ccccc12.[CH2]c1ccccc1. The van der Waals surface area contributed by atoms with E-state index in [4.69, 9.17) is 0 Å². The maximum Gasteiger partial charge on any atom is 0.0456 e. The van der Waals surface area contributed by atoms with E-state index in [-0.39, 0.29) is 0 Å². The minimum absolute atomic E-state index is 1.07. The lowest BCUT2D eigenvalue weighted by atomic mass is 10.2. The van der Waals surface area contributed by atoms with Gasteiger partial charge < -0.3 is 4.98 Å². The van der Waals surface area contributed by atoms with Crippen LogP contribution in [0.2, 0.25) is 0 Å². The van der Waals surface area contributed by atoms with Gasteiger partial charge in [-0.1, -0.05) is 48.5 Å². The molecule has 1 nitrogen and oxygen atoms in total. The van der Waals surface area contributed by atoms with Crippen molar-refractivity contribution in [2.75, 3.05) is 0 Å². The molecule has 0 amide bonds. The van der Waals surface area contributed by atoms with Crippen molar-refractivity contribution in [2.24, 2.45) is 0 Å². The molecule has 0 unspecified atom stereocenters. The van der Waals surface area contributed by atoms with Gasteiger partial charge in [-0.15, -0.1) is 0 Å². The van der Waals surface area contributed by atoms with Crippen LogP contribution in [0.3, 0.4) is 0 Å². The van der Waals surface area contributed by atoms with Gasteiger partial charge in [0, 0.05) is 17.1 Å². The summed E-state index contributed by atoms with van der Waals surface area (Å²) >= 11 is 0. The van der Waals surface area contributed by atoms with Crippen LogP contribution in [-0.4, -0.2) is 4.98 Å². The van der Waals surface area contributed by atoms with Crippen molar-refractivity contribution in [1.29, 1.82) is 0 Å². The number of hydrogen-bond donors (Lipinski definition) is 1. The van der Waals surface area contributed by atoms with Crippen molar-refractivity contribution in [3.05, 3.63) is 85.8 Å². The van der Waals surface area contributed by atoms with Crippen molar-refractivity contribution in [3.8, 4) is 0 Å². The van der Waals surface area contributed by atoms with Crippen molar-refractivity contribution < 1.29 is 0 Å². The fourth-order valence-corrected chi connectivity index (χ4v) is 1.61. The largest absolute Gasteiger partial charge is 0.361 e. The van der Waals surface area contributed by atoms with E-state index >= 15 is 0 Å². The van der Waals surface area contributed by atoms with E-state index < -0.39 is 0 Å². The van der Waals surface area contributed by atoms with Crippen LogP contribution in [0.15, 0.2) is 60.8 Å². The second-order valence-electron chi connectivity index (χ2n) is 3.85. The summed E-state index contributed by atoms with van der Waals surface area (Å²) in [4.78, 5) is 3.13. The van der Waals surface area contributed by atoms with Gasteiger partial charge in [-0.25, -0.2) is 0 Å². The van der Waals surface area contributed by atoms with Gasteiger partial charge in [-0.3, -0.25) is 0 Å². The highest BCUT2D eigenvalue weighted by Gasteiger charge is 1.94. The Morgan fingerprint density at radius 2 is 1.41 bits per heavy atom. The Hall–Kier alpha value is -2.02. The van der Waals surface area contributed by atoms with Crippen LogP contribution in [0.25, 0.3) is 10.9 Å². The first kappa shape index (κ1) is 11.5. The summed E-state index contributed by atoms with van der Waals surface area (Å²) in [6, 6.07) is 18.0. The third-order valence-electron chi connectivity index (χ3n) is 2.52. The van der Waals surface area contributed by atoms with Crippen LogP contribution in [-0.2, 0) is 0 Å². The number of benzene rings is 2. The van der Waals surface area contributed by atoms with Crippen LogP contribution >= 0.6 is 0 Å². The molecule has 3 rings (SSSR count). The van der Waals surface area contributed by atoms with E-state index in [9.17, 15) is 0 Å². The van der Waals surface area contributed by atoms with E-state index in [0.29, 0.717) is 0 Å². The first-order valence-electron chi connectivity index (χ1n) is 5.52. The molecule has 84 valence electrons. The monoisotopic (exact) mass is 221 g/mol. The van der Waals surface area contributed by atoms with Gasteiger partial charge in [0.15, 0.2) is 0 Å². The molecule has 0 aliphatic heterocycles. The average Bonchev–Trinajstić information content (AvgIpc) is 2.74. The maximum absolute atomic E-state index is 3.88. The number of para-hydroxylation sites is 1. The molecule has 0 saturated carbocycles. The molecular weight excluding hydrogens is 206 g/mol. The lowest BCUT2D eigenvalue weighted by Crippen LogP contribution is -1.64. The molecule has 1 N–H and O–H groups in total. The van der Waals surface area contributed by atoms with Gasteiger partial charge in [0.05, 0.1) is 0 Å². The van der Waals surface area contributed by atoms with E-state index in [1.54, 1.807) is 0 Å². The molecule has 1 heteroatoms. The van der Waals surface area contributed by atoms with Crippen LogP contribution in [0, 0.1) is 13.8 Å². The molecule has 0 spiro atoms. The summed E-state index contributed by atoms with van der Waals surface area (Å²) < 4.78 is 0. The Labute approximate surface area is 102 Å². The van der Waals surface area contributed by atoms with Gasteiger partial charge in [0.25, 0.3) is 0 Å². The topological polar surface area (TPSA) is 15.8 Å². The lowest BCUT2D eigenvalue weighted by Gasteiger charge is -1.86. The van der Waals surface area contributed by atoms with Crippen molar-refractivity contribution in [1.82, 2.24) is 4.98 Å². The standard InChI is InChI=1S/C9H8N.C7H7/c1-7-6-10-9-5-3-2-4-8(7)9;1-7-5-3-2-4-6-7/h2-6,10H,1H2;2-6H,1H2. The van der Waals surface area contributed by atoms with Crippen LogP contribution in [0.1, 0.15) is 11.1 Å². The van der Waals surface area contributed by atoms with Gasteiger partial charge >= 0.3 is 0 Å². The van der Waals surface area contributed by atoms with Gasteiger partial charge in [-0.2, -0.15) is 0 Å². The number of aromatic amines is 1. The third kappa shape index (κ3) is 2.97. The molecule has 1 heterocycles. The smallest absolute Gasteiger partial charge is 0.0456 e. The molecule has 0 fully saturated rings. The van der Waals surface area contributed by atoms with Crippen molar-refractivity contribution >= 4 is 10.9 Å². The highest BCUT2D eigenvalue weighted by molar-refractivity contribution is 5.83. The number of H-pyrrole nitrogens is 1. The Bertz CT molecular complexity index is 579. The van der Waals surface area contributed by atoms with E-state index in [0.717, 1.165) is 16.6 Å². The highest BCUT2D eigenvalue weighted by atomic mass is 14.7. The summed E-state index contributed by atoms with van der Waals surface area (Å²) in [5.41, 5.74) is 3.30. The molecule has 0 bridgehead atoms. The predicted octanol–water partition coefficient (Wildman–Crippen LogP) is 4.22. The molecule has 2 radical (unpaired) electrons. The van der Waals surface area contributed by atoms with Gasteiger partial charge in [0.2, 0.25) is 0 Å². The van der Waals surface area contributed by atoms with Gasteiger partial charge in [-0.05, 0) is 31.0 Å². The first-order valence-corrected chi connectivity index (χ1v) is 5.52. The average molecular weight is 221 g/mol. The predicted molar refractivity (Wildman–Crippen MR) is 73.7 cm³/mol. The maximum atomic E-state index is 3.88. The van der Waals surface area contributed by atoms with Crippen LogP contribution < -0.4 is 0 Å². The van der Waals surface area contributed by atoms with E-state index in [1.807, 2.05) is 54.7 Å². The van der Waals surface area contributed by atoms with Crippen LogP contribution in [0.4, 0.5) is 0 Å². The molecule has 0 aliphatic rings. The second-order valence-corrected chi connectivity index (χ2v) is 3.85. The molecular formula is C16H15N. The molecule has 0 aliphatic carbocycles. The molecule has 1 aromatic heterocycles. The summed E-state index contributed by atoms with van der Waals surface area (Å²) in [6.45, 7) is 7.60. The second kappa shape index (κ2) is 5.35. The fraction of sp³-hybridized carbons (Fsp3) is 0. The van der Waals surface area contributed by atoms with Crippen molar-refractivity contribution in [2.45, 2.75) is 0 Å². The Morgan fingerprint density at radius 1 is 0.765 bits per heavy atom. The molecule has 0 saturated heterocycles. The fourth-order valence-electron chi connectivity index (χ4n) is 1.61. The summed E-state index contributed by atoms with van der Waals surface area (Å²) in [5, 5.41) is 1.21. The molecule has 17 heavy (non-hydrogen) atoms. The summed E-state index contributed by atoms with van der Waals surface area (Å²) in [5.74, 6) is 0. The first-order chi connectivity index (χ1) is 8.27. The summed E-state index contributed by atoms with van der Waals surface area (Å²) in [7, 11) is 0. The zero-order chi connectivity index (χ0) is 12.1. The highest BCUT2D eigenvalue weighted by Crippen LogP contribution is 2.15. The van der Waals surface area contributed by atoms with Crippen LogP contribution in [0.5, 0.6) is 0 Å². The number of aromatic nitrogens is 1. The minimum atomic E-state index is 1.07.